The fourth-order valence-electron chi connectivity index (χ4n) is 2.19. The van der Waals surface area contributed by atoms with Gasteiger partial charge in [0, 0.05) is 23.6 Å². The van der Waals surface area contributed by atoms with Gasteiger partial charge in [-0.2, -0.15) is 0 Å². The zero-order valence-electron chi connectivity index (χ0n) is 10.3. The summed E-state index contributed by atoms with van der Waals surface area (Å²) in [5.74, 6) is -0.379. The molecule has 3 nitrogen and oxygen atoms in total. The Morgan fingerprint density at radius 3 is 2.67 bits per heavy atom. The summed E-state index contributed by atoms with van der Waals surface area (Å²) < 4.78 is 15.5. The fourth-order valence-corrected chi connectivity index (χ4v) is 2.19. The Bertz CT molecular complexity index is 698. The highest BCUT2D eigenvalue weighted by Crippen LogP contribution is 2.27. The lowest BCUT2D eigenvalue weighted by Crippen LogP contribution is -1.93. The number of aryl methyl sites for hydroxylation is 1. The van der Waals surface area contributed by atoms with Crippen LogP contribution in [0.4, 0.5) is 10.1 Å². The number of hydrogen-bond acceptors (Lipinski definition) is 1. The molecule has 0 unspecified atom stereocenters. The van der Waals surface area contributed by atoms with E-state index in [4.69, 9.17) is 5.73 Å². The van der Waals surface area contributed by atoms with E-state index < -0.39 is 0 Å². The van der Waals surface area contributed by atoms with Gasteiger partial charge in [0.1, 0.15) is 5.82 Å². The van der Waals surface area contributed by atoms with Gasteiger partial charge in [-0.05, 0) is 37.3 Å². The van der Waals surface area contributed by atoms with E-state index in [9.17, 15) is 4.39 Å². The van der Waals surface area contributed by atoms with Gasteiger partial charge in [-0.1, -0.05) is 0 Å². The van der Waals surface area contributed by atoms with Gasteiger partial charge in [-0.15, -0.1) is 0 Å². The average molecular weight is 243 g/mol. The van der Waals surface area contributed by atoms with Crippen LogP contribution in [0.2, 0.25) is 0 Å². The zero-order valence-corrected chi connectivity index (χ0v) is 10.3. The van der Waals surface area contributed by atoms with Crippen molar-refractivity contribution in [1.82, 2.24) is 9.55 Å². The van der Waals surface area contributed by atoms with E-state index in [0.29, 0.717) is 0 Å². The first-order valence-corrected chi connectivity index (χ1v) is 5.76. The van der Waals surface area contributed by atoms with E-state index in [1.807, 2.05) is 26.1 Å². The number of halogens is 1. The van der Waals surface area contributed by atoms with E-state index in [1.54, 1.807) is 6.07 Å². The van der Waals surface area contributed by atoms with Crippen molar-refractivity contribution in [3.63, 3.8) is 0 Å². The van der Waals surface area contributed by atoms with Crippen molar-refractivity contribution in [2.45, 2.75) is 6.92 Å². The Kier molecular flexibility index (Phi) is 2.20. The molecule has 3 rings (SSSR count). The second kappa shape index (κ2) is 3.63. The molecule has 4 heteroatoms. The van der Waals surface area contributed by atoms with Crippen molar-refractivity contribution < 1.29 is 4.39 Å². The Hall–Kier alpha value is -2.23. The molecular weight excluding hydrogens is 229 g/mol. The molecule has 0 spiro atoms. The minimum absolute atomic E-state index is 0.166. The number of rotatable bonds is 1. The number of nitrogens with zero attached hydrogens (tertiary/aromatic N) is 1. The highest BCUT2D eigenvalue weighted by Gasteiger charge is 2.09. The predicted octanol–water partition coefficient (Wildman–Crippen LogP) is 3.20. The number of nitrogens with two attached hydrogens (primary N) is 1. The average Bonchev–Trinajstić information content (AvgIpc) is 2.85. The number of nitrogens with one attached hydrogen (secondary N) is 1. The molecule has 0 aliphatic carbocycles. The molecule has 0 amide bonds. The Labute approximate surface area is 104 Å². The van der Waals surface area contributed by atoms with Gasteiger partial charge in [0.15, 0.2) is 0 Å². The summed E-state index contributed by atoms with van der Waals surface area (Å²) in [4.78, 5) is 3.27. The molecule has 0 saturated carbocycles. The number of benzene rings is 1. The van der Waals surface area contributed by atoms with E-state index in [-0.39, 0.29) is 11.5 Å². The predicted molar refractivity (Wildman–Crippen MR) is 71.8 cm³/mol. The Balaban J connectivity index is 2.22. The van der Waals surface area contributed by atoms with Crippen molar-refractivity contribution in [3.05, 3.63) is 41.8 Å². The van der Waals surface area contributed by atoms with Gasteiger partial charge in [0.25, 0.3) is 0 Å². The minimum Gasteiger partial charge on any atom is -0.396 e. The van der Waals surface area contributed by atoms with Crippen molar-refractivity contribution in [1.29, 1.82) is 0 Å². The van der Waals surface area contributed by atoms with Gasteiger partial charge < -0.3 is 15.3 Å². The summed E-state index contributed by atoms with van der Waals surface area (Å²) in [5.41, 5.74) is 9.79. The maximum Gasteiger partial charge on any atom is 0.146 e. The van der Waals surface area contributed by atoms with Gasteiger partial charge in [-0.25, -0.2) is 4.39 Å². The molecule has 2 aromatic heterocycles. The number of hydrogen-bond donors (Lipinski definition) is 2. The molecular formula is C14H14FN3. The molecule has 0 aliphatic heterocycles. The van der Waals surface area contributed by atoms with Crippen molar-refractivity contribution in [2.24, 2.45) is 7.05 Å². The van der Waals surface area contributed by atoms with Crippen LogP contribution < -0.4 is 5.73 Å². The van der Waals surface area contributed by atoms with Gasteiger partial charge in [0.2, 0.25) is 0 Å². The van der Waals surface area contributed by atoms with E-state index in [0.717, 1.165) is 22.3 Å². The summed E-state index contributed by atoms with van der Waals surface area (Å²) in [7, 11) is 2.01. The fraction of sp³-hybridized carbons (Fsp3) is 0.143. The maximum absolute atomic E-state index is 13.4. The highest BCUT2D eigenvalue weighted by atomic mass is 19.1. The van der Waals surface area contributed by atoms with E-state index in [1.165, 1.54) is 11.8 Å². The van der Waals surface area contributed by atoms with Crippen molar-refractivity contribution in [2.75, 3.05) is 5.73 Å². The first-order valence-electron chi connectivity index (χ1n) is 5.76. The summed E-state index contributed by atoms with van der Waals surface area (Å²) in [6.45, 7) is 2.05. The van der Waals surface area contributed by atoms with Crippen molar-refractivity contribution in [3.8, 4) is 11.4 Å². The van der Waals surface area contributed by atoms with Gasteiger partial charge >= 0.3 is 0 Å². The number of anilines is 1. The lowest BCUT2D eigenvalue weighted by atomic mass is 10.2. The number of fused-ring (bicyclic) bond motifs is 1. The van der Waals surface area contributed by atoms with E-state index in [2.05, 4.69) is 15.6 Å². The van der Waals surface area contributed by atoms with Crippen LogP contribution in [0.15, 0.2) is 30.3 Å². The Morgan fingerprint density at radius 2 is 2.00 bits per heavy atom. The van der Waals surface area contributed by atoms with E-state index >= 15 is 0 Å². The van der Waals surface area contributed by atoms with Crippen molar-refractivity contribution >= 4 is 16.6 Å². The molecule has 0 radical (unpaired) electrons. The number of aromatic amines is 1. The Morgan fingerprint density at radius 1 is 1.22 bits per heavy atom. The minimum atomic E-state index is -0.379. The summed E-state index contributed by atoms with van der Waals surface area (Å²) in [6.07, 6.45) is 0. The smallest absolute Gasteiger partial charge is 0.146 e. The van der Waals surface area contributed by atoms with Gasteiger partial charge in [0.05, 0.1) is 17.1 Å². The lowest BCUT2D eigenvalue weighted by molar-refractivity contribution is 0.634. The molecule has 3 N–H and O–H groups in total. The summed E-state index contributed by atoms with van der Waals surface area (Å²) in [5, 5.41) is 0.829. The van der Waals surface area contributed by atoms with Crippen LogP contribution in [-0.4, -0.2) is 9.55 Å². The van der Waals surface area contributed by atoms with Crippen LogP contribution in [0.5, 0.6) is 0 Å². The largest absolute Gasteiger partial charge is 0.396 e. The maximum atomic E-state index is 13.4. The van der Waals surface area contributed by atoms with Crippen LogP contribution in [0.25, 0.3) is 22.3 Å². The SMILES string of the molecule is Cc1ccc(-c2cc3cc(F)c(N)cc3[nH]2)n1C. The number of nitrogen functional groups attached to an aromatic ring is 1. The third-order valence-corrected chi connectivity index (χ3v) is 3.39. The van der Waals surface area contributed by atoms with Crippen LogP contribution >= 0.6 is 0 Å². The number of aromatic nitrogens is 2. The molecule has 0 aliphatic rings. The normalized spacial score (nSPS) is 11.3. The molecule has 0 bridgehead atoms. The van der Waals surface area contributed by atoms with Crippen LogP contribution in [0, 0.1) is 12.7 Å². The lowest BCUT2D eigenvalue weighted by Gasteiger charge is -2.02. The molecule has 2 heterocycles. The second-order valence-corrected chi connectivity index (χ2v) is 4.56. The highest BCUT2D eigenvalue weighted by molar-refractivity contribution is 5.87. The monoisotopic (exact) mass is 243 g/mol. The molecule has 3 aromatic rings. The zero-order chi connectivity index (χ0) is 12.9. The third kappa shape index (κ3) is 1.49. The van der Waals surface area contributed by atoms with Crippen LogP contribution in [-0.2, 0) is 7.05 Å². The number of H-pyrrole nitrogens is 1. The molecule has 92 valence electrons. The first-order chi connectivity index (χ1) is 8.56. The molecule has 1 aromatic carbocycles. The third-order valence-electron chi connectivity index (χ3n) is 3.39. The van der Waals surface area contributed by atoms with Crippen LogP contribution in [0.1, 0.15) is 5.69 Å². The first kappa shape index (κ1) is 10.9. The standard InChI is InChI=1S/C14H14FN3/c1-8-3-4-14(18(8)2)13-6-9-5-10(15)11(16)7-12(9)17-13/h3-7,17H,16H2,1-2H3. The molecule has 0 atom stereocenters. The molecule has 0 saturated heterocycles. The summed E-state index contributed by atoms with van der Waals surface area (Å²) >= 11 is 0. The summed E-state index contributed by atoms with van der Waals surface area (Å²) in [6, 6.07) is 9.12. The van der Waals surface area contributed by atoms with Crippen LogP contribution in [0.3, 0.4) is 0 Å². The molecule has 18 heavy (non-hydrogen) atoms. The topological polar surface area (TPSA) is 46.7 Å². The quantitative estimate of drug-likeness (QED) is 0.633. The second-order valence-electron chi connectivity index (χ2n) is 4.56. The van der Waals surface area contributed by atoms with Gasteiger partial charge in [-0.3, -0.25) is 0 Å². The molecule has 0 fully saturated rings.